The zero-order valence-electron chi connectivity index (χ0n) is 20.4. The lowest BCUT2D eigenvalue weighted by Crippen LogP contribution is -2.37. The van der Waals surface area contributed by atoms with Gasteiger partial charge in [0.2, 0.25) is 0 Å². The molecule has 2 nitrogen and oxygen atoms in total. The highest BCUT2D eigenvalue weighted by molar-refractivity contribution is 4.82. The Labute approximate surface area is 183 Å². The van der Waals surface area contributed by atoms with Crippen LogP contribution < -0.4 is 4.57 Å². The number of hydrogen-bond donors (Lipinski definition) is 0. The molecule has 0 aromatic carbocycles. The monoisotopic (exact) mass is 405 g/mol. The van der Waals surface area contributed by atoms with Crippen molar-refractivity contribution in [1.29, 1.82) is 0 Å². The van der Waals surface area contributed by atoms with E-state index in [4.69, 9.17) is 0 Å². The van der Waals surface area contributed by atoms with Crippen molar-refractivity contribution in [3.8, 4) is 0 Å². The minimum atomic E-state index is 1.21. The van der Waals surface area contributed by atoms with Gasteiger partial charge in [0.1, 0.15) is 12.4 Å². The number of hydrogen-bond acceptors (Lipinski definition) is 0. The Balaban J connectivity index is 1.88. The second kappa shape index (κ2) is 19.2. The van der Waals surface area contributed by atoms with Crippen molar-refractivity contribution in [2.75, 3.05) is 0 Å². The average Bonchev–Trinajstić information content (AvgIpc) is 3.07. The van der Waals surface area contributed by atoms with Crippen molar-refractivity contribution < 1.29 is 4.57 Å². The Morgan fingerprint density at radius 1 is 0.586 bits per heavy atom. The molecule has 0 fully saturated rings. The summed E-state index contributed by atoms with van der Waals surface area (Å²) >= 11 is 0. The third-order valence-electron chi connectivity index (χ3n) is 6.47. The van der Waals surface area contributed by atoms with E-state index in [-0.39, 0.29) is 0 Å². The molecule has 0 aliphatic rings. The highest BCUT2D eigenvalue weighted by Gasteiger charge is 2.13. The van der Waals surface area contributed by atoms with E-state index in [1.54, 1.807) is 0 Å². The maximum atomic E-state index is 2.50. The maximum absolute atomic E-state index is 2.50. The number of imidazole rings is 1. The molecule has 0 unspecified atom stereocenters. The van der Waals surface area contributed by atoms with Gasteiger partial charge in [-0.2, -0.15) is 0 Å². The van der Waals surface area contributed by atoms with Crippen molar-refractivity contribution >= 4 is 0 Å². The standard InChI is InChI=1S/C27H53N2/c1-4-6-8-9-10-11-12-13-14-15-16-17-18-19-20-22-24-29-26-25-28(3)27(29)23-21-7-5-2/h25-26H,4-24H2,1-3H3/q+1. The number of unbranched alkanes of at least 4 members (excludes halogenated alkanes) is 17. The molecule has 0 aliphatic heterocycles. The highest BCUT2D eigenvalue weighted by Crippen LogP contribution is 2.13. The lowest BCUT2D eigenvalue weighted by molar-refractivity contribution is -0.704. The van der Waals surface area contributed by atoms with Gasteiger partial charge < -0.3 is 0 Å². The molecule has 0 atom stereocenters. The number of rotatable bonds is 21. The summed E-state index contributed by atoms with van der Waals surface area (Å²) in [5.41, 5.74) is 0. The molecule has 1 aromatic rings. The molecule has 0 amide bonds. The minimum absolute atomic E-state index is 1.21. The van der Waals surface area contributed by atoms with Crippen LogP contribution >= 0.6 is 0 Å². The van der Waals surface area contributed by atoms with E-state index in [9.17, 15) is 0 Å². The Bertz CT molecular complexity index is 463. The zero-order chi connectivity index (χ0) is 21.0. The molecule has 29 heavy (non-hydrogen) atoms. The second-order valence-electron chi connectivity index (χ2n) is 9.28. The predicted octanol–water partition coefficient (Wildman–Crippen LogP) is 8.31. The summed E-state index contributed by atoms with van der Waals surface area (Å²) < 4.78 is 4.82. The molecule has 0 spiro atoms. The summed E-state index contributed by atoms with van der Waals surface area (Å²) in [6.45, 7) is 5.80. The van der Waals surface area contributed by atoms with E-state index in [2.05, 4.69) is 42.4 Å². The third kappa shape index (κ3) is 13.9. The van der Waals surface area contributed by atoms with Crippen molar-refractivity contribution in [3.05, 3.63) is 18.2 Å². The number of nitrogens with zero attached hydrogens (tertiary/aromatic N) is 2. The Morgan fingerprint density at radius 2 is 1.00 bits per heavy atom. The minimum Gasteiger partial charge on any atom is -0.237 e. The highest BCUT2D eigenvalue weighted by atomic mass is 15.1. The van der Waals surface area contributed by atoms with Gasteiger partial charge in [0.15, 0.2) is 0 Å². The quantitative estimate of drug-likeness (QED) is 0.144. The van der Waals surface area contributed by atoms with Gasteiger partial charge in [-0.3, -0.25) is 0 Å². The smallest absolute Gasteiger partial charge is 0.237 e. The van der Waals surface area contributed by atoms with Gasteiger partial charge in [-0.25, -0.2) is 9.13 Å². The first-order valence-electron chi connectivity index (χ1n) is 13.3. The molecule has 2 heteroatoms. The molecule has 170 valence electrons. The molecule has 0 aliphatic carbocycles. The van der Waals surface area contributed by atoms with Crippen LogP contribution in [0.1, 0.15) is 142 Å². The first-order chi connectivity index (χ1) is 14.3. The molecule has 0 bridgehead atoms. The number of aryl methyl sites for hydroxylation is 2. The van der Waals surface area contributed by atoms with Gasteiger partial charge in [-0.05, 0) is 19.3 Å². The van der Waals surface area contributed by atoms with E-state index >= 15 is 0 Å². The summed E-state index contributed by atoms with van der Waals surface area (Å²) in [4.78, 5) is 0. The van der Waals surface area contributed by atoms with Crippen molar-refractivity contribution in [2.24, 2.45) is 7.05 Å². The van der Waals surface area contributed by atoms with Crippen LogP contribution in [0, 0.1) is 0 Å². The van der Waals surface area contributed by atoms with Gasteiger partial charge in [0.25, 0.3) is 5.82 Å². The van der Waals surface area contributed by atoms with Crippen molar-refractivity contribution in [3.63, 3.8) is 0 Å². The van der Waals surface area contributed by atoms with E-state index < -0.39 is 0 Å². The van der Waals surface area contributed by atoms with Crippen molar-refractivity contribution in [1.82, 2.24) is 4.57 Å². The van der Waals surface area contributed by atoms with Gasteiger partial charge in [-0.15, -0.1) is 0 Å². The SMILES string of the molecule is CCCCCCCCCCCCCCCCCC[n+]1ccn(C)c1CCCCC. The summed E-state index contributed by atoms with van der Waals surface area (Å²) in [5, 5.41) is 0. The summed E-state index contributed by atoms with van der Waals surface area (Å²) in [5.74, 6) is 1.51. The van der Waals surface area contributed by atoms with Crippen LogP contribution in [0.25, 0.3) is 0 Å². The van der Waals surface area contributed by atoms with E-state index in [0.717, 1.165) is 0 Å². The predicted molar refractivity (Wildman–Crippen MR) is 128 cm³/mol. The molecule has 1 rings (SSSR count). The molecular formula is C27H53N2+. The molecule has 0 N–H and O–H groups in total. The summed E-state index contributed by atoms with van der Waals surface area (Å²) in [6, 6.07) is 0. The first kappa shape index (κ1) is 26.2. The van der Waals surface area contributed by atoms with Gasteiger partial charge >= 0.3 is 0 Å². The fourth-order valence-electron chi connectivity index (χ4n) is 4.44. The summed E-state index contributed by atoms with van der Waals surface area (Å²) in [6.07, 6.45) is 32.8. The molecule has 0 saturated carbocycles. The van der Waals surface area contributed by atoms with Crippen LogP contribution in [-0.4, -0.2) is 4.57 Å². The third-order valence-corrected chi connectivity index (χ3v) is 6.47. The Morgan fingerprint density at radius 3 is 1.48 bits per heavy atom. The fraction of sp³-hybridized carbons (Fsp3) is 0.889. The molecular weight excluding hydrogens is 352 g/mol. The lowest BCUT2D eigenvalue weighted by Gasteiger charge is -2.04. The normalized spacial score (nSPS) is 11.4. The van der Waals surface area contributed by atoms with E-state index in [1.165, 1.54) is 141 Å². The van der Waals surface area contributed by atoms with Gasteiger partial charge in [0.05, 0.1) is 13.6 Å². The topological polar surface area (TPSA) is 8.81 Å². The van der Waals surface area contributed by atoms with Crippen LogP contribution in [0.15, 0.2) is 12.4 Å². The largest absolute Gasteiger partial charge is 0.256 e. The molecule has 1 aromatic heterocycles. The molecule has 1 heterocycles. The zero-order valence-corrected chi connectivity index (χ0v) is 20.4. The summed E-state index contributed by atoms with van der Waals surface area (Å²) in [7, 11) is 2.20. The van der Waals surface area contributed by atoms with Crippen LogP contribution in [0.3, 0.4) is 0 Å². The fourth-order valence-corrected chi connectivity index (χ4v) is 4.44. The van der Waals surface area contributed by atoms with Crippen molar-refractivity contribution in [2.45, 2.75) is 149 Å². The van der Waals surface area contributed by atoms with Crippen LogP contribution in [0.4, 0.5) is 0 Å². The van der Waals surface area contributed by atoms with Gasteiger partial charge in [-0.1, -0.05) is 117 Å². The molecule has 0 saturated heterocycles. The number of aromatic nitrogens is 2. The lowest BCUT2D eigenvalue weighted by atomic mass is 10.0. The second-order valence-corrected chi connectivity index (χ2v) is 9.28. The van der Waals surface area contributed by atoms with Crippen LogP contribution in [0.2, 0.25) is 0 Å². The average molecular weight is 406 g/mol. The first-order valence-corrected chi connectivity index (χ1v) is 13.3. The van der Waals surface area contributed by atoms with Crippen LogP contribution in [-0.2, 0) is 20.0 Å². The van der Waals surface area contributed by atoms with E-state index in [0.29, 0.717) is 0 Å². The Kier molecular flexibility index (Phi) is 17.4. The maximum Gasteiger partial charge on any atom is 0.256 e. The van der Waals surface area contributed by atoms with Crippen LogP contribution in [0.5, 0.6) is 0 Å². The molecule has 0 radical (unpaired) electrons. The van der Waals surface area contributed by atoms with E-state index in [1.807, 2.05) is 0 Å². The van der Waals surface area contributed by atoms with Gasteiger partial charge in [0, 0.05) is 6.42 Å². The Hall–Kier alpha value is -0.790.